The summed E-state index contributed by atoms with van der Waals surface area (Å²) in [6, 6.07) is 16.5. The van der Waals surface area contributed by atoms with E-state index in [0.29, 0.717) is 0 Å². The zero-order valence-electron chi connectivity index (χ0n) is 15.4. The highest BCUT2D eigenvalue weighted by molar-refractivity contribution is 5.83. The number of hydrogen-bond acceptors (Lipinski definition) is 2. The molecule has 3 rings (SSSR count). The minimum atomic E-state index is 0.832. The van der Waals surface area contributed by atoms with Gasteiger partial charge in [0.1, 0.15) is 5.75 Å². The van der Waals surface area contributed by atoms with Crippen LogP contribution >= 0.6 is 0 Å². The summed E-state index contributed by atoms with van der Waals surface area (Å²) in [5.74, 6) is 1.72. The predicted octanol–water partition coefficient (Wildman–Crippen LogP) is 3.13. The highest BCUT2D eigenvalue weighted by Gasteiger charge is 2.03. The molecule has 5 heteroatoms. The summed E-state index contributed by atoms with van der Waals surface area (Å²) in [6.45, 7) is 1.67. The Morgan fingerprint density at radius 1 is 1.00 bits per heavy atom. The molecule has 26 heavy (non-hydrogen) atoms. The van der Waals surface area contributed by atoms with E-state index in [4.69, 9.17) is 4.74 Å². The van der Waals surface area contributed by atoms with Gasteiger partial charge in [0.15, 0.2) is 5.96 Å². The smallest absolute Gasteiger partial charge is 0.190 e. The summed E-state index contributed by atoms with van der Waals surface area (Å²) in [4.78, 5) is 7.61. The standard InChI is InChI=1S/C21H26N4O/c1-22-21(23-13-11-16-7-9-18(26-2)10-8-16)24-14-12-17-15-25-20-6-4-3-5-19(17)20/h3-10,15,25H,11-14H2,1-2H3,(H2,22,23,24). The quantitative estimate of drug-likeness (QED) is 0.453. The molecule has 0 bridgehead atoms. The minimum Gasteiger partial charge on any atom is -0.497 e. The van der Waals surface area contributed by atoms with E-state index < -0.39 is 0 Å². The van der Waals surface area contributed by atoms with Crippen LogP contribution in [0.1, 0.15) is 11.1 Å². The number of para-hydroxylation sites is 1. The van der Waals surface area contributed by atoms with Crippen LogP contribution in [0.5, 0.6) is 5.75 Å². The molecule has 0 atom stereocenters. The maximum atomic E-state index is 5.18. The molecule has 0 aliphatic heterocycles. The number of methoxy groups -OCH3 is 1. The molecule has 3 aromatic rings. The van der Waals surface area contributed by atoms with Crippen molar-refractivity contribution in [1.29, 1.82) is 0 Å². The van der Waals surface area contributed by atoms with E-state index in [1.165, 1.54) is 22.0 Å². The lowest BCUT2D eigenvalue weighted by Gasteiger charge is -2.12. The lowest BCUT2D eigenvalue weighted by Crippen LogP contribution is -2.39. The number of hydrogen-bond donors (Lipinski definition) is 3. The predicted molar refractivity (Wildman–Crippen MR) is 108 cm³/mol. The Morgan fingerprint density at radius 2 is 1.73 bits per heavy atom. The molecule has 1 heterocycles. The molecular formula is C21H26N4O. The van der Waals surface area contributed by atoms with Crippen LogP contribution in [-0.2, 0) is 12.8 Å². The van der Waals surface area contributed by atoms with Crippen LogP contribution in [0.3, 0.4) is 0 Å². The molecule has 1 aromatic heterocycles. The Morgan fingerprint density at radius 3 is 2.46 bits per heavy atom. The number of fused-ring (bicyclic) bond motifs is 1. The number of nitrogens with zero attached hydrogens (tertiary/aromatic N) is 1. The molecule has 2 aromatic carbocycles. The average molecular weight is 350 g/mol. The number of rotatable bonds is 7. The van der Waals surface area contributed by atoms with Crippen molar-refractivity contribution in [1.82, 2.24) is 15.6 Å². The third-order valence-corrected chi connectivity index (χ3v) is 4.45. The van der Waals surface area contributed by atoms with Crippen LogP contribution in [-0.4, -0.2) is 38.2 Å². The van der Waals surface area contributed by atoms with Crippen LogP contribution in [0.15, 0.2) is 59.7 Å². The van der Waals surface area contributed by atoms with Crippen molar-refractivity contribution in [2.45, 2.75) is 12.8 Å². The molecule has 3 N–H and O–H groups in total. The van der Waals surface area contributed by atoms with Crippen LogP contribution in [0.4, 0.5) is 0 Å². The van der Waals surface area contributed by atoms with Crippen LogP contribution in [0, 0.1) is 0 Å². The minimum absolute atomic E-state index is 0.832. The van der Waals surface area contributed by atoms with Crippen molar-refractivity contribution in [3.05, 3.63) is 65.9 Å². The lowest BCUT2D eigenvalue weighted by molar-refractivity contribution is 0.414. The average Bonchev–Trinajstić information content (AvgIpc) is 3.10. The first-order valence-corrected chi connectivity index (χ1v) is 8.92. The maximum absolute atomic E-state index is 5.18. The first-order chi connectivity index (χ1) is 12.8. The van der Waals surface area contributed by atoms with E-state index in [0.717, 1.165) is 37.6 Å². The summed E-state index contributed by atoms with van der Waals surface area (Å²) >= 11 is 0. The molecule has 136 valence electrons. The van der Waals surface area contributed by atoms with Gasteiger partial charge < -0.3 is 20.4 Å². The normalized spacial score (nSPS) is 11.5. The van der Waals surface area contributed by atoms with Crippen molar-refractivity contribution in [2.75, 3.05) is 27.2 Å². The second kappa shape index (κ2) is 8.94. The van der Waals surface area contributed by atoms with E-state index in [-0.39, 0.29) is 0 Å². The molecule has 0 radical (unpaired) electrons. The zero-order valence-corrected chi connectivity index (χ0v) is 15.4. The molecule has 0 saturated carbocycles. The summed E-state index contributed by atoms with van der Waals surface area (Å²) < 4.78 is 5.18. The number of benzene rings is 2. The van der Waals surface area contributed by atoms with E-state index in [1.807, 2.05) is 12.1 Å². The number of guanidine groups is 1. The zero-order chi connectivity index (χ0) is 18.2. The van der Waals surface area contributed by atoms with Gasteiger partial charge in [-0.3, -0.25) is 4.99 Å². The Kier molecular flexibility index (Phi) is 6.14. The fraction of sp³-hybridized carbons (Fsp3) is 0.286. The first kappa shape index (κ1) is 17.9. The van der Waals surface area contributed by atoms with Gasteiger partial charge in [0.25, 0.3) is 0 Å². The molecular weight excluding hydrogens is 324 g/mol. The van der Waals surface area contributed by atoms with Crippen molar-refractivity contribution < 1.29 is 4.74 Å². The van der Waals surface area contributed by atoms with Crippen LogP contribution in [0.25, 0.3) is 10.9 Å². The molecule has 0 fully saturated rings. The Hall–Kier alpha value is -2.95. The fourth-order valence-corrected chi connectivity index (χ4v) is 2.99. The molecule has 5 nitrogen and oxygen atoms in total. The number of aromatic nitrogens is 1. The van der Waals surface area contributed by atoms with Gasteiger partial charge in [-0.25, -0.2) is 0 Å². The van der Waals surface area contributed by atoms with Crippen molar-refractivity contribution >= 4 is 16.9 Å². The van der Waals surface area contributed by atoms with Gasteiger partial charge >= 0.3 is 0 Å². The molecule has 0 aliphatic carbocycles. The second-order valence-corrected chi connectivity index (χ2v) is 6.13. The summed E-state index contributed by atoms with van der Waals surface area (Å²) in [7, 11) is 3.48. The monoisotopic (exact) mass is 350 g/mol. The van der Waals surface area contributed by atoms with E-state index in [2.05, 4.69) is 63.2 Å². The SMILES string of the molecule is CN=C(NCCc1ccc(OC)cc1)NCCc1c[nH]c2ccccc12. The Labute approximate surface area is 154 Å². The number of aromatic amines is 1. The molecule has 0 unspecified atom stereocenters. The van der Waals surface area contributed by atoms with Gasteiger partial charge in [-0.1, -0.05) is 30.3 Å². The fourth-order valence-electron chi connectivity index (χ4n) is 2.99. The van der Waals surface area contributed by atoms with Crippen LogP contribution in [0.2, 0.25) is 0 Å². The van der Waals surface area contributed by atoms with Crippen molar-refractivity contribution in [2.24, 2.45) is 4.99 Å². The molecule has 0 spiro atoms. The Balaban J connectivity index is 1.43. The van der Waals surface area contributed by atoms with Gasteiger partial charge in [0.05, 0.1) is 7.11 Å². The number of aliphatic imine (C=N–C) groups is 1. The third-order valence-electron chi connectivity index (χ3n) is 4.45. The summed E-state index contributed by atoms with van der Waals surface area (Å²) in [5.41, 5.74) is 3.78. The topological polar surface area (TPSA) is 61.4 Å². The summed E-state index contributed by atoms with van der Waals surface area (Å²) in [6.07, 6.45) is 3.97. The highest BCUT2D eigenvalue weighted by atomic mass is 16.5. The Bertz CT molecular complexity index is 852. The van der Waals surface area contributed by atoms with Gasteiger partial charge in [-0.05, 0) is 42.2 Å². The number of ether oxygens (including phenoxy) is 1. The van der Waals surface area contributed by atoms with Crippen LogP contribution < -0.4 is 15.4 Å². The van der Waals surface area contributed by atoms with Gasteiger partial charge in [0, 0.05) is 37.2 Å². The maximum Gasteiger partial charge on any atom is 0.190 e. The number of H-pyrrole nitrogens is 1. The first-order valence-electron chi connectivity index (χ1n) is 8.92. The molecule has 0 amide bonds. The second-order valence-electron chi connectivity index (χ2n) is 6.13. The largest absolute Gasteiger partial charge is 0.497 e. The van der Waals surface area contributed by atoms with E-state index >= 15 is 0 Å². The van der Waals surface area contributed by atoms with Crippen molar-refractivity contribution in [3.8, 4) is 5.75 Å². The van der Waals surface area contributed by atoms with Gasteiger partial charge in [0.2, 0.25) is 0 Å². The molecule has 0 aliphatic rings. The van der Waals surface area contributed by atoms with Crippen molar-refractivity contribution in [3.63, 3.8) is 0 Å². The van der Waals surface area contributed by atoms with E-state index in [9.17, 15) is 0 Å². The summed E-state index contributed by atoms with van der Waals surface area (Å²) in [5, 5.41) is 8.03. The third kappa shape index (κ3) is 4.57. The van der Waals surface area contributed by atoms with Gasteiger partial charge in [-0.15, -0.1) is 0 Å². The highest BCUT2D eigenvalue weighted by Crippen LogP contribution is 2.17. The van der Waals surface area contributed by atoms with E-state index in [1.54, 1.807) is 14.2 Å². The number of nitrogens with one attached hydrogen (secondary N) is 3. The molecule has 0 saturated heterocycles. The lowest BCUT2D eigenvalue weighted by atomic mass is 10.1. The van der Waals surface area contributed by atoms with Gasteiger partial charge in [-0.2, -0.15) is 0 Å².